The van der Waals surface area contributed by atoms with E-state index in [1.54, 1.807) is 12.1 Å². The van der Waals surface area contributed by atoms with Crippen molar-refractivity contribution < 1.29 is 22.8 Å². The van der Waals surface area contributed by atoms with Crippen molar-refractivity contribution >= 4 is 29.1 Å². The van der Waals surface area contributed by atoms with Gasteiger partial charge in [-0.2, -0.15) is 13.2 Å². The number of carbonyl (C=O) groups is 2. The summed E-state index contributed by atoms with van der Waals surface area (Å²) in [6.07, 6.45) is -1.92. The van der Waals surface area contributed by atoms with Crippen molar-refractivity contribution in [2.75, 3.05) is 31.1 Å². The van der Waals surface area contributed by atoms with Crippen LogP contribution in [0.25, 0.3) is 11.1 Å². The van der Waals surface area contributed by atoms with Gasteiger partial charge in [0.2, 0.25) is 5.91 Å². The number of alkyl halides is 3. The molecule has 3 aromatic carbocycles. The molecule has 2 amide bonds. The predicted octanol–water partition coefficient (Wildman–Crippen LogP) is 7.35. The molecule has 2 aliphatic rings. The summed E-state index contributed by atoms with van der Waals surface area (Å²) in [5.41, 5.74) is 5.54. The molecule has 5 rings (SSSR count). The van der Waals surface area contributed by atoms with Crippen LogP contribution in [0.3, 0.4) is 0 Å². The zero-order chi connectivity index (χ0) is 30.0. The quantitative estimate of drug-likeness (QED) is 0.295. The van der Waals surface area contributed by atoms with Crippen LogP contribution in [0, 0.1) is 6.92 Å². The summed E-state index contributed by atoms with van der Waals surface area (Å²) in [6, 6.07) is 18.6. The van der Waals surface area contributed by atoms with Gasteiger partial charge in [-0.1, -0.05) is 67.4 Å². The molecule has 5 nitrogen and oxygen atoms in total. The van der Waals surface area contributed by atoms with Gasteiger partial charge in [-0.25, -0.2) is 0 Å². The Morgan fingerprint density at radius 1 is 1.02 bits per heavy atom. The van der Waals surface area contributed by atoms with Crippen LogP contribution in [-0.4, -0.2) is 55.1 Å². The van der Waals surface area contributed by atoms with E-state index in [9.17, 15) is 22.8 Å². The van der Waals surface area contributed by atoms with Gasteiger partial charge in [0.1, 0.15) is 6.54 Å². The van der Waals surface area contributed by atoms with Crippen LogP contribution in [0.4, 0.5) is 18.9 Å². The van der Waals surface area contributed by atoms with Gasteiger partial charge in [-0.15, -0.1) is 0 Å². The number of rotatable bonds is 8. The summed E-state index contributed by atoms with van der Waals surface area (Å²) < 4.78 is 40.7. The number of piperidine rings is 1. The third-order valence-corrected chi connectivity index (χ3v) is 8.49. The van der Waals surface area contributed by atoms with Crippen LogP contribution in [0.15, 0.2) is 60.7 Å². The highest BCUT2D eigenvalue weighted by Crippen LogP contribution is 2.50. The number of benzene rings is 3. The molecule has 0 bridgehead atoms. The second kappa shape index (κ2) is 12.4. The Bertz CT molecular complexity index is 1470. The molecule has 1 N–H and O–H groups in total. The van der Waals surface area contributed by atoms with E-state index >= 15 is 0 Å². The van der Waals surface area contributed by atoms with Crippen molar-refractivity contribution in [2.45, 2.75) is 57.7 Å². The Hall–Kier alpha value is -3.52. The fraction of sp³-hybridized carbons (Fsp3) is 0.394. The fourth-order valence-electron chi connectivity index (χ4n) is 6.15. The first-order chi connectivity index (χ1) is 20.1. The fourth-order valence-corrected chi connectivity index (χ4v) is 6.33. The number of hydrogen-bond donors (Lipinski definition) is 1. The lowest BCUT2D eigenvalue weighted by atomic mass is 9.92. The third-order valence-electron chi connectivity index (χ3n) is 8.26. The van der Waals surface area contributed by atoms with Gasteiger partial charge in [0, 0.05) is 47.5 Å². The van der Waals surface area contributed by atoms with Crippen molar-refractivity contribution in [3.8, 4) is 11.1 Å². The number of amides is 2. The first kappa shape index (κ1) is 30.0. The molecule has 222 valence electrons. The van der Waals surface area contributed by atoms with Crippen molar-refractivity contribution in [2.24, 2.45) is 0 Å². The Balaban J connectivity index is 1.40. The first-order valence-corrected chi connectivity index (χ1v) is 14.8. The van der Waals surface area contributed by atoms with E-state index in [0.717, 1.165) is 38.4 Å². The maximum Gasteiger partial charge on any atom is 0.406 e. The van der Waals surface area contributed by atoms with Crippen LogP contribution >= 0.6 is 11.6 Å². The van der Waals surface area contributed by atoms with Gasteiger partial charge in [-0.3, -0.25) is 9.59 Å². The Morgan fingerprint density at radius 3 is 2.45 bits per heavy atom. The Kier molecular flexibility index (Phi) is 8.83. The van der Waals surface area contributed by atoms with E-state index in [-0.39, 0.29) is 18.5 Å². The van der Waals surface area contributed by atoms with Gasteiger partial charge in [0.15, 0.2) is 0 Å². The first-order valence-electron chi connectivity index (χ1n) is 14.5. The molecule has 1 aliphatic heterocycles. The van der Waals surface area contributed by atoms with E-state index < -0.39 is 24.5 Å². The summed E-state index contributed by atoms with van der Waals surface area (Å²) in [5.74, 6) is -1.49. The lowest BCUT2D eigenvalue weighted by Gasteiger charge is -2.36. The van der Waals surface area contributed by atoms with Crippen LogP contribution in [0.5, 0.6) is 0 Å². The molecule has 0 saturated carbocycles. The van der Waals surface area contributed by atoms with E-state index in [2.05, 4.69) is 10.2 Å². The monoisotopic (exact) mass is 597 g/mol. The van der Waals surface area contributed by atoms with E-state index in [0.29, 0.717) is 49.4 Å². The molecule has 1 aliphatic carbocycles. The highest BCUT2D eigenvalue weighted by molar-refractivity contribution is 6.31. The second-order valence-electron chi connectivity index (χ2n) is 11.2. The lowest BCUT2D eigenvalue weighted by molar-refractivity contribution is -0.161. The molecule has 0 aromatic heterocycles. The van der Waals surface area contributed by atoms with Crippen molar-refractivity contribution in [1.29, 1.82) is 0 Å². The maximum atomic E-state index is 14.0. The molecule has 0 radical (unpaired) electrons. The molecule has 9 heteroatoms. The van der Waals surface area contributed by atoms with E-state index in [1.165, 1.54) is 0 Å². The number of carbonyl (C=O) groups excluding carboxylic acids is 2. The zero-order valence-corrected chi connectivity index (χ0v) is 24.6. The van der Waals surface area contributed by atoms with Gasteiger partial charge in [0.05, 0.1) is 5.92 Å². The number of aryl methyl sites for hydroxylation is 1. The van der Waals surface area contributed by atoms with Gasteiger partial charge < -0.3 is 15.1 Å². The molecule has 3 aromatic rings. The van der Waals surface area contributed by atoms with Crippen LogP contribution in [0.1, 0.15) is 65.6 Å². The number of fused-ring (bicyclic) bond motifs is 3. The van der Waals surface area contributed by atoms with Crippen molar-refractivity contribution in [1.82, 2.24) is 10.2 Å². The van der Waals surface area contributed by atoms with Crippen LogP contribution in [-0.2, 0) is 4.79 Å². The smallest absolute Gasteiger partial charge is 0.371 e. The molecule has 0 spiro atoms. The summed E-state index contributed by atoms with van der Waals surface area (Å²) in [7, 11) is 0. The Labute approximate surface area is 249 Å². The molecule has 42 heavy (non-hydrogen) atoms. The van der Waals surface area contributed by atoms with Crippen molar-refractivity contribution in [3.63, 3.8) is 0 Å². The number of hydrogen-bond acceptors (Lipinski definition) is 3. The largest absolute Gasteiger partial charge is 0.406 e. The van der Waals surface area contributed by atoms with Crippen LogP contribution in [0.2, 0.25) is 5.02 Å². The number of unbranched alkanes of at least 4 members (excludes halogenated alkanes) is 1. The molecule has 1 heterocycles. The minimum Gasteiger partial charge on any atom is -0.371 e. The summed E-state index contributed by atoms with van der Waals surface area (Å²) in [5, 5.41) is 3.64. The molecular weight excluding hydrogens is 563 g/mol. The molecule has 1 saturated heterocycles. The van der Waals surface area contributed by atoms with Gasteiger partial charge >= 0.3 is 6.18 Å². The van der Waals surface area contributed by atoms with Gasteiger partial charge in [-0.05, 0) is 66.6 Å². The molecule has 1 atom stereocenters. The van der Waals surface area contributed by atoms with Gasteiger partial charge in [0.25, 0.3) is 5.91 Å². The summed E-state index contributed by atoms with van der Waals surface area (Å²) in [6.45, 7) is 3.83. The summed E-state index contributed by atoms with van der Waals surface area (Å²) >= 11 is 6.11. The highest BCUT2D eigenvalue weighted by Gasteiger charge is 2.42. The molecule has 1 unspecified atom stereocenters. The maximum absolute atomic E-state index is 14.0. The average molecular weight is 598 g/mol. The third kappa shape index (κ3) is 6.28. The normalized spacial score (nSPS) is 16.6. The topological polar surface area (TPSA) is 52.7 Å². The molecular formula is C33H35ClF3N3O2. The number of nitrogens with zero attached hydrogens (tertiary/aromatic N) is 2. The number of halogens is 4. The SMILES string of the molecule is CCCCN(CC(F)(F)F)C(=O)C1c2ccccc2-c2cccc(N3CCC(NC(=O)c4cc(Cl)ccc4C)CC3)c21. The Morgan fingerprint density at radius 2 is 1.74 bits per heavy atom. The standard InChI is InChI=1S/C33H35ClF3N3O2/c1-3-4-16-40(20-33(35,36)37)32(42)30-26-9-6-5-8-24(26)25-10-7-11-28(29(25)30)39-17-14-23(15-18-39)38-31(41)27-19-22(34)13-12-21(27)2/h5-13,19,23,30H,3-4,14-18,20H2,1-2H3,(H,38,41). The molecule has 1 fully saturated rings. The van der Waals surface area contributed by atoms with Crippen LogP contribution < -0.4 is 10.2 Å². The zero-order valence-electron chi connectivity index (χ0n) is 23.8. The van der Waals surface area contributed by atoms with Crippen molar-refractivity contribution in [3.05, 3.63) is 87.9 Å². The number of anilines is 1. The van der Waals surface area contributed by atoms with E-state index in [1.807, 2.05) is 62.4 Å². The average Bonchev–Trinajstić information content (AvgIpc) is 3.30. The predicted molar refractivity (Wildman–Crippen MR) is 160 cm³/mol. The van der Waals surface area contributed by atoms with E-state index in [4.69, 9.17) is 11.6 Å². The minimum absolute atomic E-state index is 0.0326. The summed E-state index contributed by atoms with van der Waals surface area (Å²) in [4.78, 5) is 30.1. The minimum atomic E-state index is -4.49. The second-order valence-corrected chi connectivity index (χ2v) is 11.6. The number of nitrogens with one attached hydrogen (secondary N) is 1. The highest BCUT2D eigenvalue weighted by atomic mass is 35.5. The lowest BCUT2D eigenvalue weighted by Crippen LogP contribution is -2.45.